The number of hydrogen-bond donors (Lipinski definition) is 3. The van der Waals surface area contributed by atoms with Crippen LogP contribution in [0.2, 0.25) is 0 Å². The van der Waals surface area contributed by atoms with Crippen LogP contribution in [-0.2, 0) is 4.79 Å². The Bertz CT molecular complexity index is 1220. The molecule has 3 aromatic heterocycles. The number of amides is 2. The summed E-state index contributed by atoms with van der Waals surface area (Å²) in [7, 11) is 2.92. The van der Waals surface area contributed by atoms with Gasteiger partial charge in [-0.15, -0.1) is 0 Å². The molecule has 0 unspecified atom stereocenters. The molecular formula is C19H21N7O4. The van der Waals surface area contributed by atoms with Crippen LogP contribution in [0.15, 0.2) is 24.8 Å². The molecule has 0 aliphatic heterocycles. The van der Waals surface area contributed by atoms with Crippen molar-refractivity contribution in [2.75, 3.05) is 31.8 Å². The molecule has 1 fully saturated rings. The van der Waals surface area contributed by atoms with E-state index in [0.717, 1.165) is 12.8 Å². The maximum atomic E-state index is 12.6. The normalized spacial score (nSPS) is 14.9. The minimum atomic E-state index is -2.70. The van der Waals surface area contributed by atoms with Crippen LogP contribution in [0.1, 0.15) is 27.3 Å². The van der Waals surface area contributed by atoms with Crippen molar-refractivity contribution in [3.63, 3.8) is 0 Å². The lowest BCUT2D eigenvalue weighted by molar-refractivity contribution is -0.117. The van der Waals surface area contributed by atoms with Gasteiger partial charge in [0.15, 0.2) is 22.8 Å². The van der Waals surface area contributed by atoms with Crippen LogP contribution in [0.4, 0.5) is 17.3 Å². The number of nitrogens with one attached hydrogen (secondary N) is 3. The lowest BCUT2D eigenvalue weighted by Gasteiger charge is -2.15. The first kappa shape index (κ1) is 16.0. The zero-order chi connectivity index (χ0) is 23.8. The number of nitrogens with zero attached hydrogens (tertiary/aromatic N) is 4. The molecule has 11 heteroatoms. The molecule has 0 spiro atoms. The highest BCUT2D eigenvalue weighted by Crippen LogP contribution is 2.36. The second kappa shape index (κ2) is 7.85. The minimum absolute atomic E-state index is 0.0553. The largest absolute Gasteiger partial charge is 0.493 e. The van der Waals surface area contributed by atoms with Crippen molar-refractivity contribution in [1.29, 1.82) is 0 Å². The van der Waals surface area contributed by atoms with Gasteiger partial charge in [0.05, 0.1) is 31.7 Å². The predicted octanol–water partition coefficient (Wildman–Crippen LogP) is 1.59. The highest BCUT2D eigenvalue weighted by atomic mass is 16.5. The number of rotatable bonds is 7. The smallest absolute Gasteiger partial charge is 0.254 e. The van der Waals surface area contributed by atoms with E-state index in [2.05, 4.69) is 25.7 Å². The Labute approximate surface area is 176 Å². The fourth-order valence-electron chi connectivity index (χ4n) is 2.94. The molecule has 3 N–H and O–H groups in total. The summed E-state index contributed by atoms with van der Waals surface area (Å²) >= 11 is 0. The Morgan fingerprint density at radius 2 is 2.07 bits per heavy atom. The van der Waals surface area contributed by atoms with E-state index in [9.17, 15) is 9.59 Å². The number of pyridine rings is 1. The van der Waals surface area contributed by atoms with E-state index in [1.165, 1.54) is 43.5 Å². The first-order valence-electron chi connectivity index (χ1n) is 10.5. The molecule has 156 valence electrons. The van der Waals surface area contributed by atoms with Gasteiger partial charge in [0.25, 0.3) is 5.91 Å². The zero-order valence-electron chi connectivity index (χ0n) is 19.2. The number of aromatic nitrogens is 4. The molecule has 2 amide bonds. The van der Waals surface area contributed by atoms with Crippen LogP contribution in [0.5, 0.6) is 11.5 Å². The minimum Gasteiger partial charge on any atom is -0.493 e. The number of carbonyl (C=O) groups excluding carboxylic acids is 2. The van der Waals surface area contributed by atoms with Crippen LogP contribution in [-0.4, -0.2) is 52.6 Å². The maximum Gasteiger partial charge on any atom is 0.254 e. The maximum absolute atomic E-state index is 12.6. The van der Waals surface area contributed by atoms with Crippen LogP contribution >= 0.6 is 0 Å². The SMILES string of the molecule is [2H]C([2H])([2H])NC(=O)c1cnc(NC(=O)C2CC2)cc1Nc1ncn2ncc(OC)c2c1OC. The van der Waals surface area contributed by atoms with Crippen LogP contribution in [0.3, 0.4) is 0 Å². The van der Waals surface area contributed by atoms with E-state index in [1.807, 2.05) is 5.32 Å². The quantitative estimate of drug-likeness (QED) is 0.531. The summed E-state index contributed by atoms with van der Waals surface area (Å²) in [6.45, 7) is -2.70. The second-order valence-electron chi connectivity index (χ2n) is 6.59. The second-order valence-corrected chi connectivity index (χ2v) is 6.59. The summed E-state index contributed by atoms with van der Waals surface area (Å²) in [6.07, 6.45) is 5.71. The summed E-state index contributed by atoms with van der Waals surface area (Å²) in [5, 5.41) is 11.7. The predicted molar refractivity (Wildman–Crippen MR) is 108 cm³/mol. The molecule has 3 heterocycles. The number of hydrogen-bond acceptors (Lipinski definition) is 8. The standard InChI is InChI=1S/C19H21N7O4/c1-20-19(28)11-7-21-14(25-18(27)10-4-5-10)6-12(11)24-17-16(30-3)15-13(29-2)8-23-26(15)9-22-17/h6-10H,4-5H2,1-3H3,(H,20,28)(H2,21,24,25,27)/i1D3. The van der Waals surface area contributed by atoms with E-state index in [0.29, 0.717) is 11.3 Å². The van der Waals surface area contributed by atoms with Gasteiger partial charge >= 0.3 is 0 Å². The van der Waals surface area contributed by atoms with Gasteiger partial charge in [0.1, 0.15) is 12.1 Å². The monoisotopic (exact) mass is 414 g/mol. The van der Waals surface area contributed by atoms with Gasteiger partial charge < -0.3 is 25.4 Å². The van der Waals surface area contributed by atoms with Gasteiger partial charge in [-0.1, -0.05) is 0 Å². The number of ether oxygens (including phenoxy) is 2. The van der Waals surface area contributed by atoms with Crippen molar-refractivity contribution in [2.45, 2.75) is 12.8 Å². The van der Waals surface area contributed by atoms with Crippen molar-refractivity contribution in [3.8, 4) is 11.5 Å². The van der Waals surface area contributed by atoms with E-state index in [1.54, 1.807) is 0 Å². The number of anilines is 3. The number of carbonyl (C=O) groups is 2. The van der Waals surface area contributed by atoms with Crippen LogP contribution in [0.25, 0.3) is 5.52 Å². The van der Waals surface area contributed by atoms with E-state index >= 15 is 0 Å². The van der Waals surface area contributed by atoms with Gasteiger partial charge in [-0.2, -0.15) is 5.10 Å². The molecule has 0 aromatic carbocycles. The van der Waals surface area contributed by atoms with Gasteiger partial charge in [0.2, 0.25) is 5.91 Å². The Hall–Kier alpha value is -3.89. The zero-order valence-corrected chi connectivity index (χ0v) is 16.2. The molecule has 0 saturated heterocycles. The summed E-state index contributed by atoms with van der Waals surface area (Å²) in [5.41, 5.74) is 0.577. The summed E-state index contributed by atoms with van der Waals surface area (Å²) in [4.78, 5) is 33.2. The lowest BCUT2D eigenvalue weighted by Crippen LogP contribution is -2.21. The fourth-order valence-corrected chi connectivity index (χ4v) is 2.94. The molecule has 30 heavy (non-hydrogen) atoms. The third-order valence-electron chi connectivity index (χ3n) is 4.63. The van der Waals surface area contributed by atoms with Crippen molar-refractivity contribution >= 4 is 34.7 Å². The third kappa shape index (κ3) is 3.56. The highest BCUT2D eigenvalue weighted by molar-refractivity contribution is 6.01. The molecular weight excluding hydrogens is 390 g/mol. The van der Waals surface area contributed by atoms with Crippen molar-refractivity contribution in [1.82, 2.24) is 24.9 Å². The molecule has 0 radical (unpaired) electrons. The molecule has 0 bridgehead atoms. The van der Waals surface area contributed by atoms with E-state index < -0.39 is 12.9 Å². The van der Waals surface area contributed by atoms with Crippen molar-refractivity contribution in [2.24, 2.45) is 5.92 Å². The molecule has 1 saturated carbocycles. The Morgan fingerprint density at radius 1 is 1.23 bits per heavy atom. The molecule has 0 atom stereocenters. The Morgan fingerprint density at radius 3 is 2.77 bits per heavy atom. The Kier molecular flexibility index (Phi) is 4.18. The van der Waals surface area contributed by atoms with Crippen LogP contribution in [0, 0.1) is 5.92 Å². The summed E-state index contributed by atoms with van der Waals surface area (Å²) in [6, 6.07) is 1.42. The highest BCUT2D eigenvalue weighted by Gasteiger charge is 2.30. The summed E-state index contributed by atoms with van der Waals surface area (Å²) in [5.74, 6) is -0.0000366. The number of fused-ring (bicyclic) bond motifs is 1. The molecule has 4 rings (SSSR count). The first-order valence-corrected chi connectivity index (χ1v) is 9.05. The third-order valence-corrected chi connectivity index (χ3v) is 4.63. The Balaban J connectivity index is 1.75. The first-order chi connectivity index (χ1) is 15.7. The summed E-state index contributed by atoms with van der Waals surface area (Å²) < 4.78 is 34.2. The van der Waals surface area contributed by atoms with Gasteiger partial charge in [-0.25, -0.2) is 14.5 Å². The van der Waals surface area contributed by atoms with Crippen LogP contribution < -0.4 is 25.4 Å². The average molecular weight is 414 g/mol. The van der Waals surface area contributed by atoms with Gasteiger partial charge in [0, 0.05) is 29.3 Å². The van der Waals surface area contributed by atoms with E-state index in [-0.39, 0.29) is 40.5 Å². The average Bonchev–Trinajstić information content (AvgIpc) is 3.52. The van der Waals surface area contributed by atoms with Gasteiger partial charge in [-0.3, -0.25) is 9.59 Å². The lowest BCUT2D eigenvalue weighted by atomic mass is 10.2. The molecule has 11 nitrogen and oxygen atoms in total. The van der Waals surface area contributed by atoms with Crippen molar-refractivity contribution < 1.29 is 23.2 Å². The number of methoxy groups -OCH3 is 2. The molecule has 1 aliphatic rings. The topological polar surface area (TPSA) is 132 Å². The molecule has 1 aliphatic carbocycles. The molecule has 3 aromatic rings. The van der Waals surface area contributed by atoms with E-state index in [4.69, 9.17) is 13.6 Å². The fraction of sp³-hybridized carbons (Fsp3) is 0.316. The van der Waals surface area contributed by atoms with Gasteiger partial charge in [-0.05, 0) is 12.8 Å². The van der Waals surface area contributed by atoms with Crippen molar-refractivity contribution in [3.05, 3.63) is 30.4 Å².